The second-order valence-corrected chi connectivity index (χ2v) is 15.5. The van der Waals surface area contributed by atoms with Crippen LogP contribution in [0.25, 0.3) is 0 Å². The summed E-state index contributed by atoms with van der Waals surface area (Å²) in [5.41, 5.74) is 3.03. The Morgan fingerprint density at radius 3 is 2.62 bits per heavy atom. The Balaban J connectivity index is 1.29. The molecule has 0 aromatic heterocycles. The quantitative estimate of drug-likeness (QED) is 0.349. The molecule has 2 aromatic carbocycles. The maximum absolute atomic E-state index is 13.4. The SMILES string of the molecule is O=C1NS(=O)(=O)[C@@H]2CCC[C@@H]2C/C=C/C[C@H]2CC[C@H]2CN2C[C@@]3(CCCc4cc(Cl)c(O)cc43)COc3ccc1cc32. The second kappa shape index (κ2) is 10.8. The molecular weight excluding hydrogens is 572 g/mol. The standard InChI is InChI=1S/C33H39ClN2O5S/c34-27-15-23-8-4-14-33(26(23)17-29(27)37)19-36-18-25-11-10-21(25)5-1-2-6-22-7-3-9-31(22)42(39,40)35-32(38)24-12-13-30(41-20-33)28(36)16-24/h1-2,12-13,15-17,21-22,25,31,37H,3-11,14,18-20H2,(H,35,38)/b2-1+/t21-,22-,25-,31+,33-/m0/s1. The van der Waals surface area contributed by atoms with Crippen LogP contribution >= 0.6 is 11.6 Å². The van der Waals surface area contributed by atoms with Crippen LogP contribution in [0.4, 0.5) is 5.69 Å². The van der Waals surface area contributed by atoms with Crippen LogP contribution in [0.2, 0.25) is 5.02 Å². The monoisotopic (exact) mass is 610 g/mol. The fourth-order valence-corrected chi connectivity index (χ4v) is 10.2. The minimum absolute atomic E-state index is 0.0384. The number of halogens is 1. The number of hydrogen-bond donors (Lipinski definition) is 2. The van der Waals surface area contributed by atoms with E-state index in [4.69, 9.17) is 16.3 Å². The summed E-state index contributed by atoms with van der Waals surface area (Å²) >= 11 is 6.32. The minimum atomic E-state index is -3.81. The Morgan fingerprint density at radius 2 is 1.81 bits per heavy atom. The third-order valence-corrected chi connectivity index (χ3v) is 12.9. The zero-order valence-corrected chi connectivity index (χ0v) is 25.4. The minimum Gasteiger partial charge on any atom is -0.506 e. The number of aromatic hydroxyl groups is 1. The van der Waals surface area contributed by atoms with Crippen LogP contribution in [0.15, 0.2) is 42.5 Å². The molecule has 0 saturated heterocycles. The topological polar surface area (TPSA) is 95.9 Å². The van der Waals surface area contributed by atoms with Crippen molar-refractivity contribution >= 4 is 33.2 Å². The molecule has 5 atom stereocenters. The third kappa shape index (κ3) is 4.98. The van der Waals surface area contributed by atoms with E-state index < -0.39 is 21.2 Å². The number of hydrogen-bond acceptors (Lipinski definition) is 6. The van der Waals surface area contributed by atoms with E-state index in [9.17, 15) is 18.3 Å². The highest BCUT2D eigenvalue weighted by molar-refractivity contribution is 7.90. The van der Waals surface area contributed by atoms with Crippen LogP contribution in [0.1, 0.15) is 79.3 Å². The Kier molecular flexibility index (Phi) is 7.21. The number of phenolic OH excluding ortho intramolecular Hbond substituents is 1. The zero-order valence-electron chi connectivity index (χ0n) is 23.9. The van der Waals surface area contributed by atoms with Crippen LogP contribution in [-0.2, 0) is 21.9 Å². The van der Waals surface area contributed by atoms with Crippen LogP contribution in [0.5, 0.6) is 11.5 Å². The number of sulfonamides is 1. The Bertz CT molecular complexity index is 1540. The van der Waals surface area contributed by atoms with Crippen LogP contribution < -0.4 is 14.4 Å². The molecule has 7 rings (SSSR count). The van der Waals surface area contributed by atoms with Gasteiger partial charge in [-0.15, -0.1) is 0 Å². The number of nitrogens with zero attached hydrogens (tertiary/aromatic N) is 1. The first-order chi connectivity index (χ1) is 20.2. The van der Waals surface area contributed by atoms with Crippen molar-refractivity contribution in [1.29, 1.82) is 0 Å². The largest absolute Gasteiger partial charge is 0.506 e. The van der Waals surface area contributed by atoms with Gasteiger partial charge in [0.25, 0.3) is 5.91 Å². The van der Waals surface area contributed by atoms with Crippen molar-refractivity contribution < 1.29 is 23.1 Å². The zero-order chi connectivity index (χ0) is 29.1. The first kappa shape index (κ1) is 28.1. The number of benzene rings is 2. The molecule has 3 aliphatic carbocycles. The number of ether oxygens (including phenoxy) is 1. The van der Waals surface area contributed by atoms with Crippen LogP contribution in [-0.4, -0.2) is 44.4 Å². The summed E-state index contributed by atoms with van der Waals surface area (Å²) < 4.78 is 35.7. The van der Waals surface area contributed by atoms with Gasteiger partial charge in [0.05, 0.1) is 22.6 Å². The summed E-state index contributed by atoms with van der Waals surface area (Å²) in [5, 5.41) is 10.4. The highest BCUT2D eigenvalue weighted by atomic mass is 35.5. The average molecular weight is 611 g/mol. The van der Waals surface area contributed by atoms with Gasteiger partial charge in [-0.25, -0.2) is 13.1 Å². The van der Waals surface area contributed by atoms with Crippen molar-refractivity contribution in [3.05, 3.63) is 64.2 Å². The number of amides is 1. The number of fused-ring (bicyclic) bond motifs is 5. The number of carbonyl (C=O) groups excluding carboxylic acids is 1. The predicted molar refractivity (Wildman–Crippen MR) is 164 cm³/mol. The molecular formula is C33H39ClN2O5S. The van der Waals surface area contributed by atoms with E-state index in [1.54, 1.807) is 6.07 Å². The molecule has 42 heavy (non-hydrogen) atoms. The molecule has 2 aromatic rings. The molecule has 2 N–H and O–H groups in total. The van der Waals surface area contributed by atoms with Crippen molar-refractivity contribution in [3.63, 3.8) is 0 Å². The molecule has 224 valence electrons. The van der Waals surface area contributed by atoms with E-state index in [1.807, 2.05) is 24.3 Å². The maximum atomic E-state index is 13.4. The number of anilines is 1. The van der Waals surface area contributed by atoms with Crippen molar-refractivity contribution in [1.82, 2.24) is 4.72 Å². The smallest absolute Gasteiger partial charge is 0.264 e. The van der Waals surface area contributed by atoms with Gasteiger partial charge in [0.1, 0.15) is 11.5 Å². The number of carbonyl (C=O) groups is 1. The number of aryl methyl sites for hydroxylation is 1. The molecule has 2 fully saturated rings. The Labute approximate surface area is 253 Å². The normalized spacial score (nSPS) is 32.8. The van der Waals surface area contributed by atoms with Gasteiger partial charge in [-0.3, -0.25) is 4.79 Å². The molecule has 1 amide bonds. The number of rotatable bonds is 0. The van der Waals surface area contributed by atoms with E-state index in [-0.39, 0.29) is 17.1 Å². The van der Waals surface area contributed by atoms with E-state index in [0.717, 1.165) is 74.7 Å². The fraction of sp³-hybridized carbons (Fsp3) is 0.545. The van der Waals surface area contributed by atoms with Gasteiger partial charge in [0, 0.05) is 24.1 Å². The molecule has 2 saturated carbocycles. The summed E-state index contributed by atoms with van der Waals surface area (Å²) in [6.07, 6.45) is 13.6. The lowest BCUT2D eigenvalue weighted by Gasteiger charge is -2.44. The van der Waals surface area contributed by atoms with E-state index in [1.165, 1.54) is 6.42 Å². The molecule has 2 aliphatic heterocycles. The lowest BCUT2D eigenvalue weighted by molar-refractivity contribution is 0.0981. The second-order valence-electron chi connectivity index (χ2n) is 13.2. The van der Waals surface area contributed by atoms with Crippen LogP contribution in [0.3, 0.4) is 0 Å². The maximum Gasteiger partial charge on any atom is 0.264 e. The van der Waals surface area contributed by atoms with Crippen molar-refractivity contribution in [3.8, 4) is 11.5 Å². The molecule has 5 aliphatic rings. The van der Waals surface area contributed by atoms with Gasteiger partial charge < -0.3 is 14.7 Å². The Hall–Kier alpha value is -2.71. The van der Waals surface area contributed by atoms with Gasteiger partial charge >= 0.3 is 0 Å². The molecule has 2 heterocycles. The number of nitrogens with one attached hydrogen (secondary N) is 1. The highest BCUT2D eigenvalue weighted by Gasteiger charge is 2.44. The van der Waals surface area contributed by atoms with Gasteiger partial charge in [-0.05, 0) is 117 Å². The van der Waals surface area contributed by atoms with Crippen molar-refractivity contribution in [2.24, 2.45) is 17.8 Å². The molecule has 0 unspecified atom stereocenters. The van der Waals surface area contributed by atoms with Gasteiger partial charge in [0.2, 0.25) is 10.0 Å². The molecule has 7 nitrogen and oxygen atoms in total. The van der Waals surface area contributed by atoms with Gasteiger partial charge in [0.15, 0.2) is 0 Å². The van der Waals surface area contributed by atoms with E-state index in [2.05, 4.69) is 21.8 Å². The summed E-state index contributed by atoms with van der Waals surface area (Å²) in [4.78, 5) is 15.8. The lowest BCUT2D eigenvalue weighted by Crippen LogP contribution is -2.48. The van der Waals surface area contributed by atoms with Crippen LogP contribution in [0, 0.1) is 17.8 Å². The van der Waals surface area contributed by atoms with Crippen molar-refractivity contribution in [2.45, 2.75) is 74.9 Å². The summed E-state index contributed by atoms with van der Waals surface area (Å²) in [7, 11) is -3.81. The fourth-order valence-electron chi connectivity index (χ4n) is 8.23. The van der Waals surface area contributed by atoms with Gasteiger partial charge in [-0.2, -0.15) is 0 Å². The predicted octanol–water partition coefficient (Wildman–Crippen LogP) is 6.12. The van der Waals surface area contributed by atoms with Gasteiger partial charge in [-0.1, -0.05) is 30.2 Å². The first-order valence-corrected chi connectivity index (χ1v) is 17.4. The first-order valence-electron chi connectivity index (χ1n) is 15.5. The number of allylic oxidation sites excluding steroid dienone is 2. The Morgan fingerprint density at radius 1 is 1.00 bits per heavy atom. The number of phenols is 1. The van der Waals surface area contributed by atoms with Crippen molar-refractivity contribution in [2.75, 3.05) is 24.6 Å². The van der Waals surface area contributed by atoms with E-state index >= 15 is 0 Å². The summed E-state index contributed by atoms with van der Waals surface area (Å²) in [6, 6.07) is 9.02. The summed E-state index contributed by atoms with van der Waals surface area (Å²) in [5.74, 6) is 1.33. The molecule has 1 spiro atoms. The molecule has 0 radical (unpaired) electrons. The third-order valence-electron chi connectivity index (χ3n) is 10.7. The molecule has 9 heteroatoms. The summed E-state index contributed by atoms with van der Waals surface area (Å²) in [6.45, 7) is 1.96. The molecule has 2 bridgehead atoms. The highest BCUT2D eigenvalue weighted by Crippen LogP contribution is 2.48. The lowest BCUT2D eigenvalue weighted by atomic mass is 9.69. The van der Waals surface area contributed by atoms with E-state index in [0.29, 0.717) is 47.7 Å². The average Bonchev–Trinajstić information content (AvgIpc) is 3.38.